The van der Waals surface area contributed by atoms with Gasteiger partial charge >= 0.3 is 11.9 Å². The first-order valence-electron chi connectivity index (χ1n) is 7.16. The van der Waals surface area contributed by atoms with E-state index in [1.54, 1.807) is 13.8 Å². The quantitative estimate of drug-likeness (QED) is 0.769. The summed E-state index contributed by atoms with van der Waals surface area (Å²) in [5, 5.41) is 4.16. The van der Waals surface area contributed by atoms with Gasteiger partial charge in [0.25, 0.3) is 0 Å². The summed E-state index contributed by atoms with van der Waals surface area (Å²) in [6.07, 6.45) is 0.185. The highest BCUT2D eigenvalue weighted by Crippen LogP contribution is 2.19. The minimum Gasteiger partial charge on any atom is -0.463 e. The molecule has 0 saturated heterocycles. The molecule has 1 heterocycles. The molecule has 7 nitrogen and oxygen atoms in total. The highest BCUT2D eigenvalue weighted by Gasteiger charge is 2.28. The zero-order valence-electron chi connectivity index (χ0n) is 13.0. The summed E-state index contributed by atoms with van der Waals surface area (Å²) in [5.41, 5.74) is 6.89. The van der Waals surface area contributed by atoms with Crippen LogP contribution < -0.4 is 5.73 Å². The molecule has 0 aromatic carbocycles. The van der Waals surface area contributed by atoms with E-state index in [9.17, 15) is 9.59 Å². The normalized spacial score (nSPS) is 12.0. The number of anilines is 1. The molecule has 0 aliphatic rings. The van der Waals surface area contributed by atoms with Crippen molar-refractivity contribution >= 4 is 17.6 Å². The summed E-state index contributed by atoms with van der Waals surface area (Å²) in [5.74, 6) is -1.19. The van der Waals surface area contributed by atoms with Gasteiger partial charge in [0.15, 0.2) is 11.8 Å². The van der Waals surface area contributed by atoms with E-state index in [0.717, 1.165) is 0 Å². The van der Waals surface area contributed by atoms with Gasteiger partial charge in [-0.1, -0.05) is 13.3 Å². The van der Waals surface area contributed by atoms with E-state index in [0.29, 0.717) is 25.1 Å². The molecule has 21 heavy (non-hydrogen) atoms. The molecule has 118 valence electrons. The number of ether oxygens (including phenoxy) is 2. The van der Waals surface area contributed by atoms with Gasteiger partial charge in [-0.15, -0.1) is 0 Å². The number of aryl methyl sites for hydroxylation is 2. The molecule has 1 rings (SSSR count). The topological polar surface area (TPSA) is 96.4 Å². The molecule has 0 fully saturated rings. The summed E-state index contributed by atoms with van der Waals surface area (Å²) in [7, 11) is 0. The average molecular weight is 297 g/mol. The minimum absolute atomic E-state index is 0.181. The van der Waals surface area contributed by atoms with E-state index in [1.807, 2.05) is 13.8 Å². The molecule has 1 aromatic rings. The number of hydrogen-bond acceptors (Lipinski definition) is 6. The van der Waals surface area contributed by atoms with Crippen LogP contribution in [-0.2, 0) is 20.8 Å². The second kappa shape index (κ2) is 7.66. The van der Waals surface area contributed by atoms with Crippen LogP contribution in [0, 0.1) is 6.92 Å². The van der Waals surface area contributed by atoms with Gasteiger partial charge in [0.1, 0.15) is 0 Å². The van der Waals surface area contributed by atoms with Crippen molar-refractivity contribution in [2.75, 3.05) is 12.3 Å². The molecule has 0 amide bonds. The molecule has 0 saturated carbocycles. The lowest BCUT2D eigenvalue weighted by Gasteiger charge is -2.16. The molecular formula is C14H23N3O4. The van der Waals surface area contributed by atoms with E-state index >= 15 is 0 Å². The number of carbonyl (C=O) groups is 2. The molecule has 1 aromatic heterocycles. The summed E-state index contributed by atoms with van der Waals surface area (Å²) in [4.78, 5) is 24.1. The zero-order valence-corrected chi connectivity index (χ0v) is 13.0. The summed E-state index contributed by atoms with van der Waals surface area (Å²) in [6.45, 7) is 7.89. The number of nitrogens with two attached hydrogens (primary N) is 1. The van der Waals surface area contributed by atoms with Crippen LogP contribution in [-0.4, -0.2) is 34.4 Å². The zero-order chi connectivity index (χ0) is 16.0. The smallest absolute Gasteiger partial charge is 0.359 e. The fraction of sp³-hybridized carbons (Fsp3) is 0.643. The molecule has 0 aliphatic heterocycles. The van der Waals surface area contributed by atoms with Crippen molar-refractivity contribution in [2.45, 2.75) is 53.2 Å². The molecule has 7 heteroatoms. The Bertz CT molecular complexity index is 511. The Kier molecular flexibility index (Phi) is 6.20. The Morgan fingerprint density at radius 1 is 1.33 bits per heavy atom. The molecule has 0 aliphatic carbocycles. The molecule has 0 bridgehead atoms. The number of nitrogens with zero attached hydrogens (tertiary/aromatic N) is 2. The first-order valence-corrected chi connectivity index (χ1v) is 7.16. The summed E-state index contributed by atoms with van der Waals surface area (Å²) < 4.78 is 11.7. The summed E-state index contributed by atoms with van der Waals surface area (Å²) in [6, 6.07) is 0. The van der Waals surface area contributed by atoms with Crippen molar-refractivity contribution in [1.29, 1.82) is 0 Å². The van der Waals surface area contributed by atoms with Crippen LogP contribution >= 0.6 is 0 Å². The van der Waals surface area contributed by atoms with Gasteiger partial charge in [-0.25, -0.2) is 9.59 Å². The van der Waals surface area contributed by atoms with Gasteiger partial charge in [0, 0.05) is 6.54 Å². The lowest BCUT2D eigenvalue weighted by molar-refractivity contribution is -0.153. The Hall–Kier alpha value is -2.05. The van der Waals surface area contributed by atoms with Gasteiger partial charge < -0.3 is 15.2 Å². The number of aromatic nitrogens is 2. The molecular weight excluding hydrogens is 274 g/mol. The maximum Gasteiger partial charge on any atom is 0.359 e. The van der Waals surface area contributed by atoms with Crippen LogP contribution in [0.4, 0.5) is 5.69 Å². The van der Waals surface area contributed by atoms with Crippen LogP contribution in [0.1, 0.15) is 49.8 Å². The fourth-order valence-corrected chi connectivity index (χ4v) is 1.95. The molecule has 1 atom stereocenters. The third-order valence-corrected chi connectivity index (χ3v) is 3.02. The van der Waals surface area contributed by atoms with Crippen molar-refractivity contribution in [3.8, 4) is 0 Å². The summed E-state index contributed by atoms with van der Waals surface area (Å²) >= 11 is 0. The van der Waals surface area contributed by atoms with Crippen LogP contribution in [0.2, 0.25) is 0 Å². The van der Waals surface area contributed by atoms with Gasteiger partial charge in [0.05, 0.1) is 18.0 Å². The van der Waals surface area contributed by atoms with Crippen LogP contribution in [0.15, 0.2) is 0 Å². The van der Waals surface area contributed by atoms with E-state index in [-0.39, 0.29) is 18.0 Å². The maximum absolute atomic E-state index is 12.3. The Morgan fingerprint density at radius 3 is 2.52 bits per heavy atom. The number of carbonyl (C=O) groups excluding carboxylic acids is 2. The van der Waals surface area contributed by atoms with Gasteiger partial charge in [-0.05, 0) is 27.2 Å². The van der Waals surface area contributed by atoms with Crippen molar-refractivity contribution in [1.82, 2.24) is 9.78 Å². The van der Waals surface area contributed by atoms with E-state index < -0.39 is 18.0 Å². The molecule has 1 unspecified atom stereocenters. The Balaban J connectivity index is 2.94. The standard InChI is InChI=1S/C14H23N3O4/c1-5-8-10(13(18)20-7-3)21-14(19)12-11(15)9(4)16-17(12)6-2/h10H,5-8,15H2,1-4H3. The lowest BCUT2D eigenvalue weighted by Crippen LogP contribution is -2.30. The minimum atomic E-state index is -0.914. The van der Waals surface area contributed by atoms with E-state index in [1.165, 1.54) is 4.68 Å². The molecule has 2 N–H and O–H groups in total. The monoisotopic (exact) mass is 297 g/mol. The lowest BCUT2D eigenvalue weighted by atomic mass is 10.2. The predicted molar refractivity (Wildman–Crippen MR) is 77.8 cm³/mol. The highest BCUT2D eigenvalue weighted by atomic mass is 16.6. The van der Waals surface area contributed by atoms with Crippen molar-refractivity contribution in [3.63, 3.8) is 0 Å². The van der Waals surface area contributed by atoms with Gasteiger partial charge in [-0.3, -0.25) is 4.68 Å². The van der Waals surface area contributed by atoms with Crippen molar-refractivity contribution < 1.29 is 19.1 Å². The maximum atomic E-state index is 12.3. The third-order valence-electron chi connectivity index (χ3n) is 3.02. The second-order valence-electron chi connectivity index (χ2n) is 4.60. The van der Waals surface area contributed by atoms with Crippen molar-refractivity contribution in [2.24, 2.45) is 0 Å². The first kappa shape index (κ1) is 17.0. The first-order chi connectivity index (χ1) is 9.96. The predicted octanol–water partition coefficient (Wildman–Crippen LogP) is 1.68. The number of rotatable bonds is 7. The Morgan fingerprint density at radius 2 is 2.00 bits per heavy atom. The Labute approximate surface area is 124 Å². The number of hydrogen-bond donors (Lipinski definition) is 1. The largest absolute Gasteiger partial charge is 0.463 e. The number of esters is 2. The highest BCUT2D eigenvalue weighted by molar-refractivity contribution is 5.95. The van der Waals surface area contributed by atoms with E-state index in [2.05, 4.69) is 5.10 Å². The second-order valence-corrected chi connectivity index (χ2v) is 4.60. The van der Waals surface area contributed by atoms with Gasteiger partial charge in [-0.2, -0.15) is 5.10 Å². The number of nitrogen functional groups attached to an aromatic ring is 1. The molecule has 0 radical (unpaired) electrons. The van der Waals surface area contributed by atoms with E-state index in [4.69, 9.17) is 15.2 Å². The van der Waals surface area contributed by atoms with Crippen LogP contribution in [0.25, 0.3) is 0 Å². The van der Waals surface area contributed by atoms with Crippen LogP contribution in [0.3, 0.4) is 0 Å². The molecule has 0 spiro atoms. The fourth-order valence-electron chi connectivity index (χ4n) is 1.95. The average Bonchev–Trinajstić information content (AvgIpc) is 2.74. The van der Waals surface area contributed by atoms with Gasteiger partial charge in [0.2, 0.25) is 0 Å². The van der Waals surface area contributed by atoms with Crippen molar-refractivity contribution in [3.05, 3.63) is 11.4 Å². The van der Waals surface area contributed by atoms with Crippen LogP contribution in [0.5, 0.6) is 0 Å². The third kappa shape index (κ3) is 3.96. The SMILES string of the molecule is CCCC(OC(=O)c1c(N)c(C)nn1CC)C(=O)OCC.